The average Bonchev–Trinajstić information content (AvgIpc) is 3.30. The van der Waals surface area contributed by atoms with Gasteiger partial charge in [0, 0.05) is 29.5 Å². The van der Waals surface area contributed by atoms with E-state index in [1.54, 1.807) is 11.8 Å². The molecule has 4 atom stereocenters. The zero-order chi connectivity index (χ0) is 21.3. The summed E-state index contributed by atoms with van der Waals surface area (Å²) in [4.78, 5) is 29.0. The highest BCUT2D eigenvalue weighted by Crippen LogP contribution is 2.55. The Hall–Kier alpha value is -1.28. The molecular weight excluding hydrogens is 416 g/mol. The maximum atomic E-state index is 12.4. The lowest BCUT2D eigenvalue weighted by atomic mass is 9.90. The molecule has 7 heteroatoms. The predicted octanol–water partition coefficient (Wildman–Crippen LogP) is 3.95. The summed E-state index contributed by atoms with van der Waals surface area (Å²) in [5.41, 5.74) is 1.87. The number of aliphatic hydroxyl groups is 1. The lowest BCUT2D eigenvalue weighted by Gasteiger charge is -2.44. The van der Waals surface area contributed by atoms with Crippen LogP contribution in [-0.4, -0.2) is 63.0 Å². The maximum absolute atomic E-state index is 12.4. The van der Waals surface area contributed by atoms with Crippen molar-refractivity contribution in [1.29, 1.82) is 0 Å². The van der Waals surface area contributed by atoms with E-state index in [0.717, 1.165) is 43.7 Å². The molecule has 1 amide bonds. The summed E-state index contributed by atoms with van der Waals surface area (Å²) in [5.74, 6) is 0.0447. The molecule has 2 fully saturated rings. The number of benzene rings is 1. The number of ketones is 1. The molecule has 2 saturated heterocycles. The zero-order valence-corrected chi connectivity index (χ0v) is 19.3. The van der Waals surface area contributed by atoms with Crippen molar-refractivity contribution < 1.29 is 14.7 Å². The van der Waals surface area contributed by atoms with Gasteiger partial charge >= 0.3 is 0 Å². The van der Waals surface area contributed by atoms with Crippen LogP contribution in [0.15, 0.2) is 40.3 Å². The lowest BCUT2D eigenvalue weighted by Crippen LogP contribution is -2.60. The fourth-order valence-corrected chi connectivity index (χ4v) is 7.77. The summed E-state index contributed by atoms with van der Waals surface area (Å²) >= 11 is 3.65. The van der Waals surface area contributed by atoms with E-state index in [2.05, 4.69) is 4.90 Å². The normalized spacial score (nSPS) is 27.4. The number of hydrogen-bond acceptors (Lipinski definition) is 6. The standard InChI is InChI=1S/C23H30N2O3S2/c1-3-18(26)20-21(28)25-15(2)23(30-22(20)25)29-17-11-13-24(14-17)12-7-10-19(27)16-8-5-4-6-9-16/h4-6,8-9,17-18,20,22,26H,3,7,10-14H2,1-2H3/t17-,18-,20+,22+/m0/s1. The van der Waals surface area contributed by atoms with Crippen molar-refractivity contribution in [3.8, 4) is 0 Å². The molecule has 0 aromatic heterocycles. The number of β-lactam (4-membered cyclic amide) rings is 1. The van der Waals surface area contributed by atoms with Crippen LogP contribution in [0.1, 0.15) is 49.9 Å². The Morgan fingerprint density at radius 1 is 1.33 bits per heavy atom. The van der Waals surface area contributed by atoms with E-state index in [9.17, 15) is 14.7 Å². The number of fused-ring (bicyclic) bond motifs is 1. The van der Waals surface area contributed by atoms with Crippen LogP contribution < -0.4 is 0 Å². The fourth-order valence-electron chi connectivity index (χ4n) is 4.46. The van der Waals surface area contributed by atoms with Crippen molar-refractivity contribution >= 4 is 35.2 Å². The molecule has 1 aromatic rings. The van der Waals surface area contributed by atoms with Crippen molar-refractivity contribution in [2.75, 3.05) is 19.6 Å². The molecule has 0 radical (unpaired) electrons. The minimum Gasteiger partial charge on any atom is -0.392 e. The molecule has 1 N–H and O–H groups in total. The first kappa shape index (κ1) is 21.9. The van der Waals surface area contributed by atoms with Crippen molar-refractivity contribution in [2.45, 2.75) is 56.3 Å². The second-order valence-electron chi connectivity index (χ2n) is 8.31. The first-order valence-corrected chi connectivity index (χ1v) is 12.6. The molecule has 5 nitrogen and oxygen atoms in total. The van der Waals surface area contributed by atoms with Crippen LogP contribution in [0.25, 0.3) is 0 Å². The van der Waals surface area contributed by atoms with Gasteiger partial charge in [-0.05, 0) is 39.3 Å². The largest absolute Gasteiger partial charge is 0.392 e. The third-order valence-corrected chi connectivity index (χ3v) is 9.34. The number of hydrogen-bond donors (Lipinski definition) is 1. The van der Waals surface area contributed by atoms with Gasteiger partial charge in [-0.3, -0.25) is 9.59 Å². The van der Waals surface area contributed by atoms with Gasteiger partial charge in [-0.25, -0.2) is 0 Å². The molecule has 4 rings (SSSR count). The van der Waals surface area contributed by atoms with E-state index >= 15 is 0 Å². The molecule has 30 heavy (non-hydrogen) atoms. The van der Waals surface area contributed by atoms with Gasteiger partial charge in [0.1, 0.15) is 5.37 Å². The molecule has 3 heterocycles. The molecule has 0 spiro atoms. The third kappa shape index (κ3) is 4.35. The predicted molar refractivity (Wildman–Crippen MR) is 123 cm³/mol. The first-order chi connectivity index (χ1) is 14.5. The van der Waals surface area contributed by atoms with Crippen molar-refractivity contribution in [1.82, 2.24) is 9.80 Å². The molecule has 0 aliphatic carbocycles. The van der Waals surface area contributed by atoms with Gasteiger partial charge in [0.15, 0.2) is 5.78 Å². The number of nitrogens with zero attached hydrogens (tertiary/aromatic N) is 2. The quantitative estimate of drug-likeness (QED) is 0.458. The van der Waals surface area contributed by atoms with Gasteiger partial charge in [-0.15, -0.1) is 11.8 Å². The van der Waals surface area contributed by atoms with Crippen LogP contribution in [0.2, 0.25) is 0 Å². The maximum Gasteiger partial charge on any atom is 0.236 e. The summed E-state index contributed by atoms with van der Waals surface area (Å²) in [7, 11) is 0. The number of rotatable bonds is 9. The van der Waals surface area contributed by atoms with Crippen LogP contribution in [0.4, 0.5) is 0 Å². The Balaban J connectivity index is 1.22. The van der Waals surface area contributed by atoms with Crippen LogP contribution in [-0.2, 0) is 4.79 Å². The second-order valence-corrected chi connectivity index (χ2v) is 11.0. The van der Waals surface area contributed by atoms with Gasteiger partial charge in [0.2, 0.25) is 5.91 Å². The number of aliphatic hydroxyl groups excluding tert-OH is 1. The van der Waals surface area contributed by atoms with Gasteiger partial charge in [-0.1, -0.05) is 49.0 Å². The minimum absolute atomic E-state index is 0.0751. The van der Waals surface area contributed by atoms with Crippen LogP contribution >= 0.6 is 23.5 Å². The minimum atomic E-state index is -0.538. The van der Waals surface area contributed by atoms with Crippen molar-refractivity contribution in [3.63, 3.8) is 0 Å². The van der Waals surface area contributed by atoms with E-state index in [-0.39, 0.29) is 23.0 Å². The number of carbonyl (C=O) groups excluding carboxylic acids is 2. The Morgan fingerprint density at radius 2 is 2.10 bits per heavy atom. The van der Waals surface area contributed by atoms with Gasteiger partial charge in [-0.2, -0.15) is 0 Å². The molecule has 3 aliphatic heterocycles. The molecule has 1 aromatic carbocycles. The topological polar surface area (TPSA) is 60.9 Å². The summed E-state index contributed by atoms with van der Waals surface area (Å²) < 4.78 is 1.24. The highest BCUT2D eigenvalue weighted by Gasteiger charge is 2.55. The third-order valence-electron chi connectivity index (χ3n) is 6.28. The number of likely N-dealkylation sites (tertiary alicyclic amines) is 1. The van der Waals surface area contributed by atoms with Gasteiger partial charge < -0.3 is 14.9 Å². The van der Waals surface area contributed by atoms with Gasteiger partial charge in [0.25, 0.3) is 0 Å². The van der Waals surface area contributed by atoms with E-state index in [1.807, 2.05) is 60.8 Å². The molecule has 3 aliphatic rings. The van der Waals surface area contributed by atoms with Crippen LogP contribution in [0.5, 0.6) is 0 Å². The number of Topliss-reactive ketones (excluding diaryl/α,β-unsaturated/α-hetero) is 1. The molecule has 0 unspecified atom stereocenters. The van der Waals surface area contributed by atoms with Crippen molar-refractivity contribution in [2.24, 2.45) is 5.92 Å². The highest BCUT2D eigenvalue weighted by atomic mass is 32.2. The smallest absolute Gasteiger partial charge is 0.236 e. The SMILES string of the molecule is CC[C@H](O)[C@@H]1C(=O)N2C(C)=C(S[C@H]3CCN(CCCC(=O)c4ccccc4)C3)S[C@H]12. The second kappa shape index (κ2) is 9.47. The Morgan fingerprint density at radius 3 is 2.83 bits per heavy atom. The van der Waals surface area contributed by atoms with Gasteiger partial charge in [0.05, 0.1) is 16.3 Å². The summed E-state index contributed by atoms with van der Waals surface area (Å²) in [6, 6.07) is 9.53. The average molecular weight is 447 g/mol. The van der Waals surface area contributed by atoms with Crippen molar-refractivity contribution in [3.05, 3.63) is 45.8 Å². The molecular formula is C23H30N2O3S2. The molecule has 162 valence electrons. The Labute approximate surface area is 187 Å². The number of thioether (sulfide) groups is 2. The van der Waals surface area contributed by atoms with E-state index < -0.39 is 6.10 Å². The van der Waals surface area contributed by atoms with E-state index in [0.29, 0.717) is 18.1 Å². The van der Waals surface area contributed by atoms with E-state index in [4.69, 9.17) is 0 Å². The summed E-state index contributed by atoms with van der Waals surface area (Å²) in [6.45, 7) is 7.01. The monoisotopic (exact) mass is 446 g/mol. The van der Waals surface area contributed by atoms with Crippen LogP contribution in [0.3, 0.4) is 0 Å². The number of carbonyl (C=O) groups is 2. The highest BCUT2D eigenvalue weighted by molar-refractivity contribution is 8.23. The lowest BCUT2D eigenvalue weighted by molar-refractivity contribution is -0.153. The summed E-state index contributed by atoms with van der Waals surface area (Å²) in [5, 5.41) is 10.8. The van der Waals surface area contributed by atoms with E-state index in [1.165, 1.54) is 4.24 Å². The number of allylic oxidation sites excluding steroid dienone is 1. The molecule has 0 saturated carbocycles. The summed E-state index contributed by atoms with van der Waals surface area (Å²) in [6.07, 6.45) is 2.70. The molecule has 0 bridgehead atoms. The zero-order valence-electron chi connectivity index (χ0n) is 17.6. The van der Waals surface area contributed by atoms with Crippen LogP contribution in [0, 0.1) is 5.92 Å². The Bertz CT molecular complexity index is 829. The number of amides is 1. The first-order valence-electron chi connectivity index (χ1n) is 10.9. The Kier molecular flexibility index (Phi) is 6.92. The fraction of sp³-hybridized carbons (Fsp3) is 0.565.